The molecule has 21 heteroatoms. The van der Waals surface area contributed by atoms with E-state index in [-0.39, 0.29) is 80.6 Å². The van der Waals surface area contributed by atoms with Crippen LogP contribution >= 0.6 is 34.4 Å². The van der Waals surface area contributed by atoms with Crippen LogP contribution in [0.25, 0.3) is 0 Å². The quantitative estimate of drug-likeness (QED) is 0.0678. The van der Waals surface area contributed by atoms with Crippen LogP contribution < -0.4 is 51.0 Å². The number of carboxylic acid groups (broad SMARTS) is 1. The van der Waals surface area contributed by atoms with Crippen molar-refractivity contribution in [3.05, 3.63) is 33.4 Å². The summed E-state index contributed by atoms with van der Waals surface area (Å²) in [7, 11) is 2.45. The number of ether oxygens (including phenoxy) is 1. The number of carboxylic acids is 1. The number of hydrogen-bond acceptors (Lipinski definition) is 17. The molecule has 0 aromatic carbocycles. The number of esters is 1. The van der Waals surface area contributed by atoms with Crippen molar-refractivity contribution in [3.8, 4) is 0 Å². The van der Waals surface area contributed by atoms with E-state index in [4.69, 9.17) is 20.1 Å². The van der Waals surface area contributed by atoms with Gasteiger partial charge in [-0.2, -0.15) is 0 Å². The minimum absolute atomic E-state index is 0. The fourth-order valence-corrected chi connectivity index (χ4v) is 6.33. The minimum Gasteiger partial charge on any atom is -0.543 e. The molecule has 1 saturated heterocycles. The topological polar surface area (TPSA) is 240 Å². The zero-order chi connectivity index (χ0) is 30.6. The van der Waals surface area contributed by atoms with E-state index in [1.54, 1.807) is 0 Å². The van der Waals surface area contributed by atoms with Gasteiger partial charge in [-0.1, -0.05) is 10.3 Å². The van der Waals surface area contributed by atoms with E-state index in [0.29, 0.717) is 0 Å². The van der Waals surface area contributed by atoms with E-state index in [1.165, 1.54) is 43.7 Å². The smallest absolute Gasteiger partial charge is 0.543 e. The molecular formula is C22H21N8NaO9S3. The average molecular weight is 661 g/mol. The number of amides is 3. The Bertz CT molecular complexity index is 1540. The van der Waals surface area contributed by atoms with Gasteiger partial charge >= 0.3 is 35.5 Å². The maximum atomic E-state index is 13.1. The van der Waals surface area contributed by atoms with Crippen LogP contribution in [0.1, 0.15) is 18.3 Å². The summed E-state index contributed by atoms with van der Waals surface area (Å²) in [5.74, 6) is -4.38. The number of carbonyl (C=O) groups excluding carboxylic acids is 5. The van der Waals surface area contributed by atoms with Crippen LogP contribution in [0, 0.1) is 0 Å². The number of nitrogen functional groups attached to an aromatic ring is 1. The number of nitrogens with zero attached hydrogens (tertiary/aromatic N) is 5. The zero-order valence-electron chi connectivity index (χ0n) is 22.9. The van der Waals surface area contributed by atoms with E-state index in [9.17, 15) is 29.1 Å². The molecular weight excluding hydrogens is 639 g/mol. The van der Waals surface area contributed by atoms with Gasteiger partial charge < -0.3 is 35.4 Å². The average Bonchev–Trinajstić information content (AvgIpc) is 3.59. The first-order valence-electron chi connectivity index (χ1n) is 11.6. The maximum Gasteiger partial charge on any atom is 1.00 e. The number of hydrogen-bond donors (Lipinski definition) is 3. The van der Waals surface area contributed by atoms with Gasteiger partial charge in [0, 0.05) is 29.0 Å². The number of rotatable bonds is 11. The number of thiazole rings is 2. The summed E-state index contributed by atoms with van der Waals surface area (Å²) in [5.41, 5.74) is 5.14. The Labute approximate surface area is 277 Å². The molecule has 17 nitrogen and oxygen atoms in total. The van der Waals surface area contributed by atoms with Crippen molar-refractivity contribution in [2.45, 2.75) is 18.3 Å². The standard InChI is InChI=1S/C22H22N8O9S3.Na/c1-8(31)39-4-9-5-40-19-14(18(34)30(19)15(9)20(35)36)26-16(32)13(29-38-3)11-7-42-22(25-11)27-17(33)12(28-37-2)10-6-41-21(23)24-10;/h6-7,14,19H,4-5H2,1-3H3,(H2,23,24)(H,26,32)(H,35,36)(H,25,27,33);/q;+1/p-1/b28-12-,29-13-;/t14-,19-;/m1./s1. The van der Waals surface area contributed by atoms with Crippen molar-refractivity contribution in [1.82, 2.24) is 20.2 Å². The number of carbonyl (C=O) groups is 5. The summed E-state index contributed by atoms with van der Waals surface area (Å²) in [6, 6.07) is -1.11. The van der Waals surface area contributed by atoms with Crippen molar-refractivity contribution in [2.75, 3.05) is 37.6 Å². The molecule has 1 fully saturated rings. The third-order valence-corrected chi connectivity index (χ3v) is 8.28. The van der Waals surface area contributed by atoms with Crippen LogP contribution in [0.3, 0.4) is 0 Å². The molecule has 0 unspecified atom stereocenters. The zero-order valence-corrected chi connectivity index (χ0v) is 27.4. The molecule has 0 bridgehead atoms. The van der Waals surface area contributed by atoms with Crippen molar-refractivity contribution in [2.24, 2.45) is 10.3 Å². The molecule has 2 aromatic rings. The van der Waals surface area contributed by atoms with Crippen LogP contribution in [0.4, 0.5) is 10.3 Å². The summed E-state index contributed by atoms with van der Waals surface area (Å²) >= 11 is 3.24. The number of nitrogens with two attached hydrogens (primary N) is 1. The SMILES string of the molecule is CO/N=C(\C(=O)Nc1nc(/C(=N/OC)C(=O)N[C@@H]2C(=O)N3C(C(=O)[O-])=C(COC(C)=O)CS[C@H]23)cs1)c1csc(N)n1.[Na+]. The van der Waals surface area contributed by atoms with Crippen LogP contribution in [-0.4, -0.2) is 93.9 Å². The molecule has 4 rings (SSSR count). The molecule has 2 aliphatic heterocycles. The fourth-order valence-electron chi connectivity index (χ4n) is 3.77. The first-order valence-corrected chi connectivity index (χ1v) is 14.4. The summed E-state index contributed by atoms with van der Waals surface area (Å²) in [6.45, 7) is 0.853. The molecule has 0 saturated carbocycles. The van der Waals surface area contributed by atoms with E-state index < -0.39 is 46.8 Å². The van der Waals surface area contributed by atoms with Crippen molar-refractivity contribution >= 4 is 85.8 Å². The molecule has 4 N–H and O–H groups in total. The Balaban J connectivity index is 0.00000506. The number of nitrogens with one attached hydrogen (secondary N) is 2. The van der Waals surface area contributed by atoms with Gasteiger partial charge in [-0.3, -0.25) is 29.4 Å². The Morgan fingerprint density at radius 3 is 2.30 bits per heavy atom. The number of oxime groups is 2. The Morgan fingerprint density at radius 2 is 1.72 bits per heavy atom. The second-order valence-electron chi connectivity index (χ2n) is 8.19. The van der Waals surface area contributed by atoms with Crippen molar-refractivity contribution < 1.29 is 73.0 Å². The van der Waals surface area contributed by atoms with Crippen molar-refractivity contribution in [1.29, 1.82) is 0 Å². The van der Waals surface area contributed by atoms with Crippen LogP contribution in [0.2, 0.25) is 0 Å². The Kier molecular flexibility index (Phi) is 11.6. The Morgan fingerprint density at radius 1 is 1.09 bits per heavy atom. The third-order valence-electron chi connectivity index (χ3n) is 5.50. The van der Waals surface area contributed by atoms with E-state index in [1.807, 2.05) is 0 Å². The molecule has 0 spiro atoms. The summed E-state index contributed by atoms with van der Waals surface area (Å²) < 4.78 is 4.89. The van der Waals surface area contributed by atoms with Gasteiger partial charge in [0.05, 0.1) is 11.7 Å². The molecule has 3 amide bonds. The monoisotopic (exact) mass is 660 g/mol. The minimum atomic E-state index is -1.61. The van der Waals surface area contributed by atoms with E-state index in [0.717, 1.165) is 27.6 Å². The molecule has 2 aromatic heterocycles. The fraction of sp³-hybridized carbons (Fsp3) is 0.318. The number of anilines is 2. The van der Waals surface area contributed by atoms with Crippen LogP contribution in [0.15, 0.2) is 32.3 Å². The normalized spacial score (nSPS) is 18.1. The van der Waals surface area contributed by atoms with Gasteiger partial charge in [-0.05, 0) is 0 Å². The first kappa shape index (κ1) is 33.9. The first-order chi connectivity index (χ1) is 20.0. The molecule has 43 heavy (non-hydrogen) atoms. The molecule has 0 radical (unpaired) electrons. The number of thioether (sulfide) groups is 1. The van der Waals surface area contributed by atoms with Crippen LogP contribution in [0.5, 0.6) is 0 Å². The summed E-state index contributed by atoms with van der Waals surface area (Å²) in [6.07, 6.45) is 0. The predicted octanol–water partition coefficient (Wildman–Crippen LogP) is -4.51. The number of β-lactam (4-membered cyclic amide) rings is 1. The van der Waals surface area contributed by atoms with Gasteiger partial charge in [-0.25, -0.2) is 9.97 Å². The molecule has 2 aliphatic rings. The second-order valence-corrected chi connectivity index (χ2v) is 11.0. The van der Waals surface area contributed by atoms with E-state index in [2.05, 4.69) is 30.9 Å². The van der Waals surface area contributed by atoms with Gasteiger partial charge in [-0.15, -0.1) is 34.4 Å². The van der Waals surface area contributed by atoms with E-state index >= 15 is 0 Å². The van der Waals surface area contributed by atoms with Gasteiger partial charge in [0.15, 0.2) is 21.7 Å². The van der Waals surface area contributed by atoms with Gasteiger partial charge in [0.25, 0.3) is 17.7 Å². The Hall–Kier alpha value is -3.56. The second kappa shape index (κ2) is 14.8. The molecule has 0 aliphatic carbocycles. The molecule has 222 valence electrons. The number of aliphatic carboxylic acids is 1. The molecule has 4 heterocycles. The van der Waals surface area contributed by atoms with Gasteiger partial charge in [0.2, 0.25) is 0 Å². The third kappa shape index (κ3) is 7.51. The van der Waals surface area contributed by atoms with Gasteiger partial charge in [0.1, 0.15) is 43.6 Å². The molecule has 2 atom stereocenters. The maximum absolute atomic E-state index is 13.1. The van der Waals surface area contributed by atoms with Crippen LogP contribution in [-0.2, 0) is 38.4 Å². The number of fused-ring (bicyclic) bond motifs is 1. The summed E-state index contributed by atoms with van der Waals surface area (Å²) in [4.78, 5) is 80.5. The predicted molar refractivity (Wildman–Crippen MR) is 148 cm³/mol. The van der Waals surface area contributed by atoms with Crippen molar-refractivity contribution in [3.63, 3.8) is 0 Å². The number of aromatic nitrogens is 2. The summed E-state index contributed by atoms with van der Waals surface area (Å²) in [5, 5.41) is 26.7. The largest absolute Gasteiger partial charge is 1.00 e.